The molecule has 3 nitrogen and oxygen atoms in total. The Labute approximate surface area is 109 Å². The van der Waals surface area contributed by atoms with Crippen molar-refractivity contribution >= 4 is 30.1 Å². The molecule has 1 aliphatic rings. The van der Waals surface area contributed by atoms with Crippen molar-refractivity contribution in [3.8, 4) is 0 Å². The van der Waals surface area contributed by atoms with E-state index < -0.39 is 0 Å². The van der Waals surface area contributed by atoms with E-state index in [4.69, 9.17) is 5.73 Å². The van der Waals surface area contributed by atoms with Crippen LogP contribution >= 0.6 is 24.2 Å². The molecule has 3 unspecified atom stereocenters. The highest BCUT2D eigenvalue weighted by molar-refractivity contribution is 8.00. The zero-order chi connectivity index (χ0) is 11.4. The molecule has 0 aromatic rings. The number of thioether (sulfide) groups is 1. The lowest BCUT2D eigenvalue weighted by Crippen LogP contribution is -2.47. The third-order valence-electron chi connectivity index (χ3n) is 3.08. The Morgan fingerprint density at radius 2 is 2.19 bits per heavy atom. The number of hydrogen-bond acceptors (Lipinski definition) is 3. The highest BCUT2D eigenvalue weighted by Gasteiger charge is 2.27. The first-order valence-corrected chi connectivity index (χ1v) is 6.77. The van der Waals surface area contributed by atoms with E-state index in [1.54, 1.807) is 0 Å². The topological polar surface area (TPSA) is 46.3 Å². The van der Waals surface area contributed by atoms with Crippen molar-refractivity contribution in [2.45, 2.75) is 38.5 Å². The van der Waals surface area contributed by atoms with Crippen LogP contribution in [0.4, 0.5) is 0 Å². The molecule has 3 atom stereocenters. The van der Waals surface area contributed by atoms with Gasteiger partial charge in [0.05, 0.1) is 5.92 Å². The predicted octanol–water partition coefficient (Wildman–Crippen LogP) is 1.75. The minimum atomic E-state index is -0.0504. The molecule has 1 saturated heterocycles. The maximum Gasteiger partial charge on any atom is 0.227 e. The van der Waals surface area contributed by atoms with E-state index in [1.807, 2.05) is 30.5 Å². The van der Waals surface area contributed by atoms with Crippen molar-refractivity contribution in [2.75, 3.05) is 18.8 Å². The van der Waals surface area contributed by atoms with Gasteiger partial charge in [-0.25, -0.2) is 0 Å². The lowest BCUT2D eigenvalue weighted by molar-refractivity contribution is -0.135. The van der Waals surface area contributed by atoms with E-state index >= 15 is 0 Å². The lowest BCUT2D eigenvalue weighted by atomic mass is 10.0. The largest absolute Gasteiger partial charge is 0.340 e. The normalized spacial score (nSPS) is 24.5. The van der Waals surface area contributed by atoms with Crippen LogP contribution in [0.5, 0.6) is 0 Å². The summed E-state index contributed by atoms with van der Waals surface area (Å²) in [6.45, 7) is 7.79. The van der Waals surface area contributed by atoms with E-state index in [0.29, 0.717) is 5.25 Å². The molecule has 0 radical (unpaired) electrons. The van der Waals surface area contributed by atoms with Gasteiger partial charge in [-0.05, 0) is 13.3 Å². The molecule has 0 aromatic carbocycles. The van der Waals surface area contributed by atoms with Gasteiger partial charge >= 0.3 is 0 Å². The van der Waals surface area contributed by atoms with Gasteiger partial charge in [0.15, 0.2) is 0 Å². The Kier molecular flexibility index (Phi) is 7.44. The van der Waals surface area contributed by atoms with Crippen molar-refractivity contribution in [1.29, 1.82) is 0 Å². The molecular formula is C11H23ClN2OS. The second-order valence-electron chi connectivity index (χ2n) is 4.33. The smallest absolute Gasteiger partial charge is 0.227 e. The molecule has 1 heterocycles. The number of amides is 1. The Hall–Kier alpha value is 0.0700. The summed E-state index contributed by atoms with van der Waals surface area (Å²) >= 11 is 1.98. The van der Waals surface area contributed by atoms with Crippen molar-refractivity contribution in [2.24, 2.45) is 11.7 Å². The molecule has 1 fully saturated rings. The molecule has 1 aliphatic heterocycles. The predicted molar refractivity (Wildman–Crippen MR) is 73.2 cm³/mol. The standard InChI is InChI=1S/C11H22N2OS.ClH/c1-4-10-7-13(5-6-15-10)11(14)8(2)9(3)12;/h8-10H,4-7,12H2,1-3H3;1H. The van der Waals surface area contributed by atoms with Gasteiger partial charge in [0.2, 0.25) is 5.91 Å². The van der Waals surface area contributed by atoms with Crippen molar-refractivity contribution in [1.82, 2.24) is 4.90 Å². The molecule has 0 spiro atoms. The minimum absolute atomic E-state index is 0. The number of carbonyl (C=O) groups is 1. The van der Waals surface area contributed by atoms with E-state index in [0.717, 1.165) is 25.3 Å². The molecule has 0 bridgehead atoms. The molecule has 5 heteroatoms. The Morgan fingerprint density at radius 3 is 2.69 bits per heavy atom. The van der Waals surface area contributed by atoms with Crippen molar-refractivity contribution < 1.29 is 4.79 Å². The summed E-state index contributed by atoms with van der Waals surface area (Å²) < 4.78 is 0. The maximum absolute atomic E-state index is 12.0. The molecular weight excluding hydrogens is 244 g/mol. The van der Waals surface area contributed by atoms with Crippen LogP contribution in [0.25, 0.3) is 0 Å². The Bertz CT molecular complexity index is 226. The second-order valence-corrected chi connectivity index (χ2v) is 5.74. The second kappa shape index (κ2) is 7.41. The van der Waals surface area contributed by atoms with Gasteiger partial charge in [0, 0.05) is 30.1 Å². The quantitative estimate of drug-likeness (QED) is 0.847. The van der Waals surface area contributed by atoms with Gasteiger partial charge in [0.25, 0.3) is 0 Å². The summed E-state index contributed by atoms with van der Waals surface area (Å²) in [6, 6.07) is -0.0489. The number of carbonyl (C=O) groups excluding carboxylic acids is 1. The van der Waals surface area contributed by atoms with E-state index in [2.05, 4.69) is 6.92 Å². The summed E-state index contributed by atoms with van der Waals surface area (Å²) in [5.74, 6) is 1.24. The third-order valence-corrected chi connectivity index (χ3v) is 4.46. The average Bonchev–Trinajstić information content (AvgIpc) is 2.27. The summed E-state index contributed by atoms with van der Waals surface area (Å²) in [5.41, 5.74) is 5.76. The average molecular weight is 267 g/mol. The van der Waals surface area contributed by atoms with Gasteiger partial charge in [-0.2, -0.15) is 11.8 Å². The summed E-state index contributed by atoms with van der Waals surface area (Å²) in [4.78, 5) is 14.0. The number of halogens is 1. The molecule has 2 N–H and O–H groups in total. The number of nitrogens with two attached hydrogens (primary N) is 1. The molecule has 96 valence electrons. The SMILES string of the molecule is CCC1CN(C(=O)C(C)C(C)N)CCS1.Cl. The summed E-state index contributed by atoms with van der Waals surface area (Å²) in [5, 5.41) is 0.614. The molecule has 0 saturated carbocycles. The summed E-state index contributed by atoms with van der Waals surface area (Å²) in [6.07, 6.45) is 1.14. The van der Waals surface area contributed by atoms with Gasteiger partial charge < -0.3 is 10.6 Å². The Morgan fingerprint density at radius 1 is 1.56 bits per heavy atom. The first-order valence-electron chi connectivity index (χ1n) is 5.72. The lowest BCUT2D eigenvalue weighted by Gasteiger charge is -2.34. The molecule has 16 heavy (non-hydrogen) atoms. The Balaban J connectivity index is 0.00000225. The zero-order valence-corrected chi connectivity index (χ0v) is 11.9. The summed E-state index contributed by atoms with van der Waals surface area (Å²) in [7, 11) is 0. The number of rotatable bonds is 3. The van der Waals surface area contributed by atoms with E-state index in [-0.39, 0.29) is 30.3 Å². The van der Waals surface area contributed by atoms with Crippen LogP contribution in [0.1, 0.15) is 27.2 Å². The zero-order valence-electron chi connectivity index (χ0n) is 10.3. The highest BCUT2D eigenvalue weighted by atomic mass is 35.5. The van der Waals surface area contributed by atoms with E-state index in [9.17, 15) is 4.79 Å². The minimum Gasteiger partial charge on any atom is -0.340 e. The van der Waals surface area contributed by atoms with Crippen molar-refractivity contribution in [3.63, 3.8) is 0 Å². The fraction of sp³-hybridized carbons (Fsp3) is 0.909. The van der Waals surface area contributed by atoms with Crippen LogP contribution in [-0.4, -0.2) is 40.9 Å². The van der Waals surface area contributed by atoms with Gasteiger partial charge in [-0.15, -0.1) is 12.4 Å². The first kappa shape index (κ1) is 16.1. The third kappa shape index (κ3) is 4.15. The number of nitrogens with zero attached hydrogens (tertiary/aromatic N) is 1. The van der Waals surface area contributed by atoms with Gasteiger partial charge in [-0.3, -0.25) is 4.79 Å². The van der Waals surface area contributed by atoms with Crippen LogP contribution < -0.4 is 5.73 Å². The fourth-order valence-corrected chi connectivity index (χ4v) is 2.86. The first-order chi connectivity index (χ1) is 7.06. The molecule has 0 aliphatic carbocycles. The van der Waals surface area contributed by atoms with Crippen molar-refractivity contribution in [3.05, 3.63) is 0 Å². The monoisotopic (exact) mass is 266 g/mol. The van der Waals surface area contributed by atoms with Crippen LogP contribution in [0.15, 0.2) is 0 Å². The van der Waals surface area contributed by atoms with Gasteiger partial charge in [0.1, 0.15) is 0 Å². The fourth-order valence-electron chi connectivity index (χ4n) is 1.68. The van der Waals surface area contributed by atoms with Crippen LogP contribution in [0.2, 0.25) is 0 Å². The van der Waals surface area contributed by atoms with Gasteiger partial charge in [-0.1, -0.05) is 13.8 Å². The maximum atomic E-state index is 12.0. The van der Waals surface area contributed by atoms with Crippen LogP contribution in [0.3, 0.4) is 0 Å². The van der Waals surface area contributed by atoms with Crippen LogP contribution in [0, 0.1) is 5.92 Å². The molecule has 0 aromatic heterocycles. The van der Waals surface area contributed by atoms with Crippen LogP contribution in [-0.2, 0) is 4.79 Å². The molecule has 1 amide bonds. The molecule has 1 rings (SSSR count). The highest BCUT2D eigenvalue weighted by Crippen LogP contribution is 2.22. The number of hydrogen-bond donors (Lipinski definition) is 1. The van der Waals surface area contributed by atoms with E-state index in [1.165, 1.54) is 0 Å².